The molecule has 1 amide bonds. The van der Waals surface area contributed by atoms with Gasteiger partial charge in [0.25, 0.3) is 5.91 Å². The maximum atomic E-state index is 14.8. The molecule has 2 aliphatic heterocycles. The predicted octanol–water partition coefficient (Wildman–Crippen LogP) is 5.31. The third-order valence-electron chi connectivity index (χ3n) is 8.33. The lowest BCUT2D eigenvalue weighted by Gasteiger charge is -2.33. The van der Waals surface area contributed by atoms with Crippen LogP contribution in [0.1, 0.15) is 35.5 Å². The molecule has 5 heterocycles. The maximum Gasteiger partial charge on any atom is 0.406 e. The third-order valence-corrected chi connectivity index (χ3v) is 9.30. The van der Waals surface area contributed by atoms with Crippen molar-refractivity contribution in [1.29, 1.82) is 0 Å². The number of fused-ring (bicyclic) bond motifs is 1. The van der Waals surface area contributed by atoms with Gasteiger partial charge in [0.05, 0.1) is 47.0 Å². The Balaban J connectivity index is 1.19. The van der Waals surface area contributed by atoms with Crippen LogP contribution < -0.4 is 15.5 Å². The number of ether oxygens (including phenoxy) is 1. The van der Waals surface area contributed by atoms with E-state index in [1.54, 1.807) is 36.8 Å². The molecule has 6 rings (SSSR count). The molecule has 4 aromatic rings. The summed E-state index contributed by atoms with van der Waals surface area (Å²) in [7, 11) is 3.53. The molecule has 45 heavy (non-hydrogen) atoms. The Morgan fingerprint density at radius 2 is 2.07 bits per heavy atom. The summed E-state index contributed by atoms with van der Waals surface area (Å²) in [6.07, 6.45) is -3.00. The minimum Gasteiger partial charge on any atom is -0.383 e. The fourth-order valence-corrected chi connectivity index (χ4v) is 7.13. The molecule has 0 saturated carbocycles. The number of rotatable bonds is 10. The number of benzene rings is 1. The molecular formula is C30H35F4N7O3S. The number of hydrogen-bond acceptors (Lipinski definition) is 9. The highest BCUT2D eigenvalue weighted by Gasteiger charge is 2.33. The maximum absolute atomic E-state index is 14.8. The zero-order valence-corrected chi connectivity index (χ0v) is 25.8. The quantitative estimate of drug-likeness (QED) is 0.223. The van der Waals surface area contributed by atoms with Crippen molar-refractivity contribution >= 4 is 38.8 Å². The Morgan fingerprint density at radius 3 is 2.84 bits per heavy atom. The fourth-order valence-electron chi connectivity index (χ4n) is 6.14. The molecule has 3 aromatic heterocycles. The van der Waals surface area contributed by atoms with Crippen molar-refractivity contribution in [2.45, 2.75) is 56.8 Å². The highest BCUT2D eigenvalue weighted by atomic mass is 32.1. The number of aromatic nitrogens is 3. The van der Waals surface area contributed by atoms with E-state index >= 15 is 0 Å². The monoisotopic (exact) mass is 649 g/mol. The lowest BCUT2D eigenvalue weighted by Crippen LogP contribution is -2.46. The first-order valence-corrected chi connectivity index (χ1v) is 15.7. The van der Waals surface area contributed by atoms with Crippen LogP contribution in [-0.4, -0.2) is 90.3 Å². The molecule has 2 aliphatic rings. The Hall–Kier alpha value is -3.69. The molecule has 0 bridgehead atoms. The Morgan fingerprint density at radius 1 is 1.22 bits per heavy atom. The Kier molecular flexibility index (Phi) is 9.02. The number of nitrogens with zero attached hydrogens (tertiary/aromatic N) is 5. The molecule has 2 fully saturated rings. The number of thiophene rings is 1. The van der Waals surface area contributed by atoms with Gasteiger partial charge in [-0.3, -0.25) is 4.79 Å². The van der Waals surface area contributed by atoms with Crippen molar-refractivity contribution in [2.75, 3.05) is 50.6 Å². The zero-order valence-electron chi connectivity index (χ0n) is 24.9. The molecule has 242 valence electrons. The lowest BCUT2D eigenvalue weighted by atomic mass is 10.0. The number of carbonyl (C=O) groups excluding carboxylic acids is 1. The summed E-state index contributed by atoms with van der Waals surface area (Å²) >= 11 is 1.48. The first-order valence-electron chi connectivity index (χ1n) is 14.8. The Bertz CT molecular complexity index is 1640. The molecule has 15 heteroatoms. The number of hydrogen-bond donors (Lipinski definition) is 2. The molecule has 1 aromatic carbocycles. The number of amides is 1. The number of nitrogens with one attached hydrogen (secondary N) is 2. The Labute approximate surface area is 261 Å². The van der Waals surface area contributed by atoms with Crippen molar-refractivity contribution in [3.05, 3.63) is 47.2 Å². The van der Waals surface area contributed by atoms with Crippen molar-refractivity contribution in [1.82, 2.24) is 24.9 Å². The minimum atomic E-state index is -4.53. The van der Waals surface area contributed by atoms with Crippen molar-refractivity contribution < 1.29 is 31.6 Å². The SMILES string of the molecule is COC[C@@H]1CCCN1c1cc(C(=O)NCc2nc(-c3cc4c(N[C@@H]5CCN(C)C[C@@H]5F)cccc4n3CC(F)(F)F)no2)cs1. The van der Waals surface area contributed by atoms with Gasteiger partial charge in [-0.2, -0.15) is 18.2 Å². The first kappa shape index (κ1) is 31.3. The molecule has 0 radical (unpaired) electrons. The summed E-state index contributed by atoms with van der Waals surface area (Å²) < 4.78 is 67.7. The number of carbonyl (C=O) groups is 1. The van der Waals surface area contributed by atoms with E-state index in [4.69, 9.17) is 9.26 Å². The van der Waals surface area contributed by atoms with Gasteiger partial charge < -0.3 is 34.3 Å². The molecule has 0 spiro atoms. The largest absolute Gasteiger partial charge is 0.406 e. The summed E-state index contributed by atoms with van der Waals surface area (Å²) in [4.78, 5) is 21.4. The topological polar surface area (TPSA) is 101 Å². The van der Waals surface area contributed by atoms with Gasteiger partial charge in [0.15, 0.2) is 0 Å². The van der Waals surface area contributed by atoms with Crippen molar-refractivity contribution in [2.24, 2.45) is 0 Å². The molecule has 3 atom stereocenters. The van der Waals surface area contributed by atoms with Crippen LogP contribution in [0.4, 0.5) is 28.3 Å². The number of methoxy groups -OCH3 is 1. The number of alkyl halides is 4. The van der Waals surface area contributed by atoms with E-state index < -0.39 is 24.9 Å². The smallest absolute Gasteiger partial charge is 0.383 e. The van der Waals surface area contributed by atoms with Crippen LogP contribution in [0, 0.1) is 0 Å². The van der Waals surface area contributed by atoms with Gasteiger partial charge in [-0.25, -0.2) is 4.39 Å². The van der Waals surface area contributed by atoms with Crippen LogP contribution in [0.5, 0.6) is 0 Å². The third kappa shape index (κ3) is 6.94. The molecular weight excluding hydrogens is 614 g/mol. The highest BCUT2D eigenvalue weighted by molar-refractivity contribution is 7.14. The van der Waals surface area contributed by atoms with Crippen LogP contribution in [-0.2, 0) is 17.8 Å². The van der Waals surface area contributed by atoms with E-state index in [1.165, 1.54) is 11.3 Å². The van der Waals surface area contributed by atoms with Gasteiger partial charge in [0.2, 0.25) is 11.7 Å². The number of likely N-dealkylation sites (tertiary alicyclic amines) is 1. The minimum absolute atomic E-state index is 0.0438. The first-order chi connectivity index (χ1) is 21.6. The summed E-state index contributed by atoms with van der Waals surface area (Å²) in [6.45, 7) is 1.12. The average Bonchev–Trinajstić information content (AvgIpc) is 3.80. The second-order valence-electron chi connectivity index (χ2n) is 11.6. The van der Waals surface area contributed by atoms with Crippen molar-refractivity contribution in [3.8, 4) is 11.5 Å². The standard InChI is InChI=1S/C30H35F4N7O3S/c1-39-10-8-23(21(31)14-39)36-22-6-3-7-24-20(22)12-25(41(24)17-30(32,33)34)28-37-26(44-38-28)13-35-29(42)18-11-27(45-16-18)40-9-4-5-19(40)15-43-2/h3,6-7,11-12,16,19,21,23,36H,4-5,8-10,13-15,17H2,1-2H3,(H,35,42)/t19-,21-,23+/m0/s1. The average molecular weight is 650 g/mol. The van der Waals surface area contributed by atoms with E-state index in [1.807, 2.05) is 18.0 Å². The highest BCUT2D eigenvalue weighted by Crippen LogP contribution is 2.35. The van der Waals surface area contributed by atoms with Gasteiger partial charge in [-0.15, -0.1) is 11.3 Å². The molecule has 10 nitrogen and oxygen atoms in total. The summed E-state index contributed by atoms with van der Waals surface area (Å²) in [5.41, 5.74) is 1.41. The van der Waals surface area contributed by atoms with Crippen LogP contribution >= 0.6 is 11.3 Å². The molecule has 0 unspecified atom stereocenters. The number of anilines is 2. The van der Waals surface area contributed by atoms with E-state index in [0.29, 0.717) is 41.7 Å². The van der Waals surface area contributed by atoms with E-state index in [2.05, 4.69) is 25.7 Å². The summed E-state index contributed by atoms with van der Waals surface area (Å²) in [5, 5.41) is 13.2. The van der Waals surface area contributed by atoms with E-state index in [9.17, 15) is 22.4 Å². The predicted molar refractivity (Wildman–Crippen MR) is 163 cm³/mol. The van der Waals surface area contributed by atoms with E-state index in [-0.39, 0.29) is 42.4 Å². The normalized spacial score (nSPS) is 21.1. The van der Waals surface area contributed by atoms with Crippen LogP contribution in [0.3, 0.4) is 0 Å². The van der Waals surface area contributed by atoms with E-state index in [0.717, 1.165) is 29.0 Å². The zero-order chi connectivity index (χ0) is 31.7. The molecule has 0 aliphatic carbocycles. The van der Waals surface area contributed by atoms with Crippen molar-refractivity contribution in [3.63, 3.8) is 0 Å². The molecule has 2 saturated heterocycles. The van der Waals surface area contributed by atoms with Crippen LogP contribution in [0.15, 0.2) is 40.2 Å². The van der Waals surface area contributed by atoms with Crippen LogP contribution in [0.25, 0.3) is 22.4 Å². The van der Waals surface area contributed by atoms with Gasteiger partial charge in [-0.1, -0.05) is 11.2 Å². The summed E-state index contributed by atoms with van der Waals surface area (Å²) in [6, 6.07) is 8.14. The fraction of sp³-hybridized carbons (Fsp3) is 0.500. The number of halogens is 4. The van der Waals surface area contributed by atoms with Gasteiger partial charge in [-0.05, 0) is 50.6 Å². The second kappa shape index (κ2) is 13.0. The molecule has 2 N–H and O–H groups in total. The van der Waals surface area contributed by atoms with Gasteiger partial charge >= 0.3 is 6.18 Å². The van der Waals surface area contributed by atoms with Gasteiger partial charge in [0.1, 0.15) is 12.7 Å². The number of piperidine rings is 1. The summed E-state index contributed by atoms with van der Waals surface area (Å²) in [5.74, 6) is -0.340. The second-order valence-corrected chi connectivity index (χ2v) is 12.5. The van der Waals surface area contributed by atoms with Crippen LogP contribution in [0.2, 0.25) is 0 Å². The lowest BCUT2D eigenvalue weighted by molar-refractivity contribution is -0.139. The van der Waals surface area contributed by atoms with Gasteiger partial charge in [0, 0.05) is 43.2 Å².